The largest absolute Gasteiger partial charge is 0.467 e. The molecule has 19 heavy (non-hydrogen) atoms. The van der Waals surface area contributed by atoms with E-state index >= 15 is 0 Å². The topological polar surface area (TPSA) is 59.5 Å². The van der Waals surface area contributed by atoms with E-state index in [4.69, 9.17) is 16.3 Å². The molecule has 1 aliphatic heterocycles. The number of aromatic nitrogens is 1. The summed E-state index contributed by atoms with van der Waals surface area (Å²) in [6.45, 7) is 0.535. The van der Waals surface area contributed by atoms with E-state index in [1.807, 2.05) is 0 Å². The number of rotatable bonds is 2. The van der Waals surface area contributed by atoms with Gasteiger partial charge in [-0.25, -0.2) is 4.79 Å². The Morgan fingerprint density at radius 1 is 1.47 bits per heavy atom. The Kier molecular flexibility index (Phi) is 4.37. The minimum atomic E-state index is -0.521. The van der Waals surface area contributed by atoms with Gasteiger partial charge in [-0.05, 0) is 31.4 Å². The van der Waals surface area contributed by atoms with Crippen molar-refractivity contribution in [3.63, 3.8) is 0 Å². The van der Waals surface area contributed by atoms with Crippen molar-refractivity contribution in [2.75, 3.05) is 13.7 Å². The maximum Gasteiger partial charge on any atom is 0.328 e. The Morgan fingerprint density at radius 2 is 2.26 bits per heavy atom. The molecule has 2 heterocycles. The fourth-order valence-corrected chi connectivity index (χ4v) is 2.38. The average Bonchev–Trinajstić information content (AvgIpc) is 2.45. The Labute approximate surface area is 116 Å². The Bertz CT molecular complexity index is 493. The van der Waals surface area contributed by atoms with Crippen molar-refractivity contribution < 1.29 is 14.3 Å². The number of hydrogen-bond donors (Lipinski definition) is 0. The molecule has 0 saturated carbocycles. The third-order valence-corrected chi connectivity index (χ3v) is 3.41. The maximum absolute atomic E-state index is 12.4. The van der Waals surface area contributed by atoms with E-state index in [-0.39, 0.29) is 17.6 Å². The number of amides is 1. The van der Waals surface area contributed by atoms with E-state index in [0.29, 0.717) is 18.0 Å². The summed E-state index contributed by atoms with van der Waals surface area (Å²) in [7, 11) is 1.33. The SMILES string of the molecule is COC(=O)[C@H]1CCCCN1C(=O)c1cc(Cl)ccn1. The van der Waals surface area contributed by atoms with Crippen molar-refractivity contribution >= 4 is 23.5 Å². The number of nitrogens with zero attached hydrogens (tertiary/aromatic N) is 2. The van der Waals surface area contributed by atoms with Crippen molar-refractivity contribution in [1.82, 2.24) is 9.88 Å². The molecule has 0 spiro atoms. The summed E-state index contributed by atoms with van der Waals surface area (Å²) in [5.41, 5.74) is 0.253. The second-order valence-electron chi connectivity index (χ2n) is 4.39. The van der Waals surface area contributed by atoms with Crippen molar-refractivity contribution in [3.8, 4) is 0 Å². The summed E-state index contributed by atoms with van der Waals surface area (Å²) in [4.78, 5) is 29.6. The second-order valence-corrected chi connectivity index (χ2v) is 4.83. The zero-order valence-corrected chi connectivity index (χ0v) is 11.4. The van der Waals surface area contributed by atoms with Gasteiger partial charge in [0, 0.05) is 17.8 Å². The van der Waals surface area contributed by atoms with Crippen molar-refractivity contribution in [2.45, 2.75) is 25.3 Å². The molecular weight excluding hydrogens is 268 g/mol. The summed E-state index contributed by atoms with van der Waals surface area (Å²) in [6.07, 6.45) is 3.89. The van der Waals surface area contributed by atoms with Gasteiger partial charge in [0.25, 0.3) is 5.91 Å². The number of piperidine rings is 1. The van der Waals surface area contributed by atoms with Gasteiger partial charge in [-0.2, -0.15) is 0 Å². The predicted octanol–water partition coefficient (Wildman–Crippen LogP) is 1.90. The van der Waals surface area contributed by atoms with Gasteiger partial charge in [0.05, 0.1) is 7.11 Å². The molecule has 1 aliphatic rings. The predicted molar refractivity (Wildman–Crippen MR) is 69.9 cm³/mol. The number of carbonyl (C=O) groups excluding carboxylic acids is 2. The highest BCUT2D eigenvalue weighted by Crippen LogP contribution is 2.21. The number of esters is 1. The molecule has 102 valence electrons. The molecule has 1 amide bonds. The molecule has 0 aromatic carbocycles. The van der Waals surface area contributed by atoms with Crippen LogP contribution in [0, 0.1) is 0 Å². The van der Waals surface area contributed by atoms with Crippen LogP contribution >= 0.6 is 11.6 Å². The van der Waals surface area contributed by atoms with Gasteiger partial charge in [-0.1, -0.05) is 11.6 Å². The van der Waals surface area contributed by atoms with Crippen LogP contribution in [0.4, 0.5) is 0 Å². The van der Waals surface area contributed by atoms with Crippen LogP contribution in [0.15, 0.2) is 18.3 Å². The molecule has 1 atom stereocenters. The summed E-state index contributed by atoms with van der Waals surface area (Å²) < 4.78 is 4.75. The Balaban J connectivity index is 2.22. The zero-order chi connectivity index (χ0) is 13.8. The first kappa shape index (κ1) is 13.8. The van der Waals surface area contributed by atoms with E-state index in [0.717, 1.165) is 12.8 Å². The molecule has 1 aromatic heterocycles. The molecule has 1 saturated heterocycles. The van der Waals surface area contributed by atoms with Crippen LogP contribution in [0.5, 0.6) is 0 Å². The third-order valence-electron chi connectivity index (χ3n) is 3.18. The fourth-order valence-electron chi connectivity index (χ4n) is 2.22. The smallest absolute Gasteiger partial charge is 0.328 e. The second kappa shape index (κ2) is 6.02. The average molecular weight is 283 g/mol. The molecule has 1 fully saturated rings. The number of ether oxygens (including phenoxy) is 1. The number of hydrogen-bond acceptors (Lipinski definition) is 4. The number of pyridine rings is 1. The first-order chi connectivity index (χ1) is 9.13. The van der Waals surface area contributed by atoms with Crippen LogP contribution in [-0.2, 0) is 9.53 Å². The lowest BCUT2D eigenvalue weighted by molar-refractivity contribution is -0.147. The normalized spacial score (nSPS) is 19.1. The minimum absolute atomic E-state index is 0.253. The van der Waals surface area contributed by atoms with Gasteiger partial charge >= 0.3 is 5.97 Å². The molecule has 1 aromatic rings. The van der Waals surface area contributed by atoms with Crippen LogP contribution in [0.25, 0.3) is 0 Å². The number of methoxy groups -OCH3 is 1. The molecule has 2 rings (SSSR count). The molecular formula is C13H15ClN2O3. The molecule has 0 unspecified atom stereocenters. The van der Waals surface area contributed by atoms with Crippen LogP contribution in [-0.4, -0.2) is 41.5 Å². The van der Waals surface area contributed by atoms with Crippen LogP contribution in [0.3, 0.4) is 0 Å². The lowest BCUT2D eigenvalue weighted by Gasteiger charge is -2.33. The van der Waals surface area contributed by atoms with Gasteiger partial charge in [-0.3, -0.25) is 9.78 Å². The quantitative estimate of drug-likeness (QED) is 0.778. The third kappa shape index (κ3) is 3.04. The lowest BCUT2D eigenvalue weighted by Crippen LogP contribution is -2.48. The van der Waals surface area contributed by atoms with Crippen molar-refractivity contribution in [2.24, 2.45) is 0 Å². The molecule has 6 heteroatoms. The van der Waals surface area contributed by atoms with Crippen LogP contribution < -0.4 is 0 Å². The molecule has 0 radical (unpaired) electrons. The monoisotopic (exact) mass is 282 g/mol. The van der Waals surface area contributed by atoms with Crippen LogP contribution in [0.1, 0.15) is 29.8 Å². The van der Waals surface area contributed by atoms with Gasteiger partial charge in [0.15, 0.2) is 0 Å². The Morgan fingerprint density at radius 3 is 2.95 bits per heavy atom. The van der Waals surface area contributed by atoms with Crippen molar-refractivity contribution in [1.29, 1.82) is 0 Å². The molecule has 0 N–H and O–H groups in total. The number of likely N-dealkylation sites (tertiary alicyclic amines) is 1. The van der Waals surface area contributed by atoms with Gasteiger partial charge in [0.2, 0.25) is 0 Å². The Hall–Kier alpha value is -1.62. The summed E-state index contributed by atoms with van der Waals surface area (Å²) >= 11 is 5.85. The summed E-state index contributed by atoms with van der Waals surface area (Å²) in [5, 5.41) is 0.449. The standard InChI is InChI=1S/C13H15ClN2O3/c1-19-13(18)11-4-2-3-7-16(11)12(17)10-8-9(14)5-6-15-10/h5-6,8,11H,2-4,7H2,1H3/t11-/m1/s1. The first-order valence-electron chi connectivity index (χ1n) is 6.14. The highest BCUT2D eigenvalue weighted by molar-refractivity contribution is 6.30. The highest BCUT2D eigenvalue weighted by Gasteiger charge is 2.33. The minimum Gasteiger partial charge on any atom is -0.467 e. The molecule has 0 bridgehead atoms. The van der Waals surface area contributed by atoms with E-state index in [2.05, 4.69) is 4.98 Å². The van der Waals surface area contributed by atoms with E-state index < -0.39 is 6.04 Å². The lowest BCUT2D eigenvalue weighted by atomic mass is 10.0. The van der Waals surface area contributed by atoms with E-state index in [1.54, 1.807) is 6.07 Å². The van der Waals surface area contributed by atoms with Gasteiger partial charge in [-0.15, -0.1) is 0 Å². The number of carbonyl (C=O) groups is 2. The highest BCUT2D eigenvalue weighted by atomic mass is 35.5. The van der Waals surface area contributed by atoms with E-state index in [9.17, 15) is 9.59 Å². The van der Waals surface area contributed by atoms with Crippen molar-refractivity contribution in [3.05, 3.63) is 29.0 Å². The van der Waals surface area contributed by atoms with Gasteiger partial charge in [0.1, 0.15) is 11.7 Å². The van der Waals surface area contributed by atoms with E-state index in [1.165, 1.54) is 24.3 Å². The molecule has 0 aliphatic carbocycles. The zero-order valence-electron chi connectivity index (χ0n) is 10.6. The van der Waals surface area contributed by atoms with Crippen LogP contribution in [0.2, 0.25) is 5.02 Å². The maximum atomic E-state index is 12.4. The summed E-state index contributed by atoms with van der Waals surface area (Å²) in [6, 6.07) is 2.59. The molecule has 5 nitrogen and oxygen atoms in total. The van der Waals surface area contributed by atoms with Gasteiger partial charge < -0.3 is 9.64 Å². The first-order valence-corrected chi connectivity index (χ1v) is 6.51. The summed E-state index contributed by atoms with van der Waals surface area (Å²) in [5.74, 6) is -0.660. The number of halogens is 1. The fraction of sp³-hybridized carbons (Fsp3) is 0.462.